The number of likely N-dealkylation sites (tertiary alicyclic amines) is 1. The quantitative estimate of drug-likeness (QED) is 0.884. The molecule has 24 heavy (non-hydrogen) atoms. The molecule has 1 N–H and O–H groups in total. The van der Waals surface area contributed by atoms with Gasteiger partial charge in [0.15, 0.2) is 0 Å². The molecule has 1 amide bonds. The molecule has 0 saturated carbocycles. The van der Waals surface area contributed by atoms with E-state index in [2.05, 4.69) is 34.0 Å². The predicted molar refractivity (Wildman–Crippen MR) is 93.6 cm³/mol. The highest BCUT2D eigenvalue weighted by Crippen LogP contribution is 2.22. The zero-order valence-electron chi connectivity index (χ0n) is 14.6. The summed E-state index contributed by atoms with van der Waals surface area (Å²) in [7, 11) is 0. The van der Waals surface area contributed by atoms with Gasteiger partial charge in [-0.3, -0.25) is 9.20 Å². The number of piperidine rings is 1. The van der Waals surface area contributed by atoms with Crippen LogP contribution in [0, 0.1) is 5.92 Å². The molecule has 0 radical (unpaired) electrons. The number of fused-ring (bicyclic) bond motifs is 1. The SMILES string of the molecule is CC[C@H](NC(=O)CC1CCN(CC)CC1)c1cn2cccnc2n1. The van der Waals surface area contributed by atoms with Crippen LogP contribution in [0.5, 0.6) is 0 Å². The van der Waals surface area contributed by atoms with Crippen molar-refractivity contribution in [2.75, 3.05) is 19.6 Å². The van der Waals surface area contributed by atoms with Gasteiger partial charge in [-0.1, -0.05) is 13.8 Å². The second-order valence-corrected chi connectivity index (χ2v) is 6.60. The zero-order valence-corrected chi connectivity index (χ0v) is 14.6. The molecule has 6 nitrogen and oxygen atoms in total. The van der Waals surface area contributed by atoms with Crippen molar-refractivity contribution in [3.63, 3.8) is 0 Å². The average Bonchev–Trinajstić information content (AvgIpc) is 3.04. The second-order valence-electron chi connectivity index (χ2n) is 6.60. The van der Waals surface area contributed by atoms with E-state index >= 15 is 0 Å². The molecule has 1 saturated heterocycles. The van der Waals surface area contributed by atoms with Crippen molar-refractivity contribution in [2.24, 2.45) is 5.92 Å². The van der Waals surface area contributed by atoms with Gasteiger partial charge in [0.05, 0.1) is 11.7 Å². The summed E-state index contributed by atoms with van der Waals surface area (Å²) in [6, 6.07) is 1.83. The summed E-state index contributed by atoms with van der Waals surface area (Å²) >= 11 is 0. The van der Waals surface area contributed by atoms with Crippen LogP contribution < -0.4 is 5.32 Å². The lowest BCUT2D eigenvalue weighted by Gasteiger charge is -2.30. The van der Waals surface area contributed by atoms with Crippen LogP contribution in [-0.2, 0) is 4.79 Å². The standard InChI is InChI=1S/C18H27N5O/c1-3-15(16-13-23-9-5-8-19-18(23)21-16)20-17(24)12-14-6-10-22(4-2)11-7-14/h5,8-9,13-15H,3-4,6-7,10-12H2,1-2H3,(H,20,24)/t15-/m0/s1. The number of carbonyl (C=O) groups excluding carboxylic acids is 1. The van der Waals surface area contributed by atoms with Gasteiger partial charge in [0.25, 0.3) is 0 Å². The molecule has 1 aliphatic heterocycles. The van der Waals surface area contributed by atoms with E-state index in [-0.39, 0.29) is 11.9 Å². The summed E-state index contributed by atoms with van der Waals surface area (Å²) in [6.45, 7) is 7.61. The molecule has 1 fully saturated rings. The third kappa shape index (κ3) is 3.93. The Labute approximate surface area is 143 Å². The molecule has 0 spiro atoms. The number of hydrogen-bond acceptors (Lipinski definition) is 4. The molecule has 0 bridgehead atoms. The van der Waals surface area contributed by atoms with E-state index < -0.39 is 0 Å². The van der Waals surface area contributed by atoms with Gasteiger partial charge >= 0.3 is 0 Å². The van der Waals surface area contributed by atoms with Gasteiger partial charge in [-0.05, 0) is 50.9 Å². The van der Waals surface area contributed by atoms with E-state index in [1.165, 1.54) is 0 Å². The summed E-state index contributed by atoms with van der Waals surface area (Å²) in [6.07, 6.45) is 9.30. The Morgan fingerprint density at radius 3 is 2.83 bits per heavy atom. The van der Waals surface area contributed by atoms with Crippen LogP contribution in [0.3, 0.4) is 0 Å². The number of amides is 1. The molecular weight excluding hydrogens is 302 g/mol. The fourth-order valence-corrected chi connectivity index (χ4v) is 3.42. The molecule has 3 heterocycles. The molecular formula is C18H27N5O. The van der Waals surface area contributed by atoms with Crippen molar-refractivity contribution in [2.45, 2.75) is 45.6 Å². The number of hydrogen-bond donors (Lipinski definition) is 1. The minimum Gasteiger partial charge on any atom is -0.348 e. The van der Waals surface area contributed by atoms with Gasteiger partial charge in [-0.25, -0.2) is 9.97 Å². The van der Waals surface area contributed by atoms with Crippen molar-refractivity contribution in [1.29, 1.82) is 0 Å². The van der Waals surface area contributed by atoms with E-state index in [0.29, 0.717) is 18.1 Å². The third-order valence-corrected chi connectivity index (χ3v) is 4.98. The van der Waals surface area contributed by atoms with Gasteiger partial charge in [-0.15, -0.1) is 0 Å². The van der Waals surface area contributed by atoms with Crippen LogP contribution in [0.2, 0.25) is 0 Å². The van der Waals surface area contributed by atoms with E-state index in [0.717, 1.165) is 44.6 Å². The van der Waals surface area contributed by atoms with E-state index in [4.69, 9.17) is 0 Å². The highest BCUT2D eigenvalue weighted by atomic mass is 16.1. The van der Waals surface area contributed by atoms with Gasteiger partial charge < -0.3 is 10.2 Å². The minimum atomic E-state index is -0.0464. The summed E-state index contributed by atoms with van der Waals surface area (Å²) in [4.78, 5) is 23.7. The summed E-state index contributed by atoms with van der Waals surface area (Å²) in [5.41, 5.74) is 0.880. The smallest absolute Gasteiger partial charge is 0.233 e. The Kier molecular flexibility index (Phi) is 5.45. The number of aromatic nitrogens is 3. The molecule has 2 aromatic heterocycles. The summed E-state index contributed by atoms with van der Waals surface area (Å²) in [5.74, 6) is 1.32. The van der Waals surface area contributed by atoms with Crippen molar-refractivity contribution in [3.8, 4) is 0 Å². The molecule has 0 aromatic carbocycles. The van der Waals surface area contributed by atoms with Gasteiger partial charge in [0, 0.05) is 25.0 Å². The van der Waals surface area contributed by atoms with Crippen molar-refractivity contribution in [3.05, 3.63) is 30.4 Å². The second kappa shape index (κ2) is 7.75. The monoisotopic (exact) mass is 329 g/mol. The van der Waals surface area contributed by atoms with E-state index in [9.17, 15) is 4.79 Å². The van der Waals surface area contributed by atoms with Crippen LogP contribution in [0.15, 0.2) is 24.7 Å². The molecule has 1 aliphatic rings. The van der Waals surface area contributed by atoms with Crippen molar-refractivity contribution in [1.82, 2.24) is 24.6 Å². The van der Waals surface area contributed by atoms with Gasteiger partial charge in [-0.2, -0.15) is 0 Å². The number of nitrogens with one attached hydrogen (secondary N) is 1. The Bertz CT molecular complexity index is 642. The molecule has 0 unspecified atom stereocenters. The van der Waals surface area contributed by atoms with Gasteiger partial charge in [0.2, 0.25) is 11.7 Å². The predicted octanol–water partition coefficient (Wildman–Crippen LogP) is 2.42. The van der Waals surface area contributed by atoms with Crippen molar-refractivity contribution < 1.29 is 4.79 Å². The third-order valence-electron chi connectivity index (χ3n) is 4.98. The van der Waals surface area contributed by atoms with Crippen LogP contribution in [-0.4, -0.2) is 44.8 Å². The van der Waals surface area contributed by atoms with E-state index in [1.807, 2.05) is 22.9 Å². The Morgan fingerprint density at radius 2 is 2.17 bits per heavy atom. The molecule has 1 atom stereocenters. The minimum absolute atomic E-state index is 0.0464. The van der Waals surface area contributed by atoms with E-state index in [1.54, 1.807) is 6.20 Å². The number of nitrogens with zero attached hydrogens (tertiary/aromatic N) is 4. The number of imidazole rings is 1. The summed E-state index contributed by atoms with van der Waals surface area (Å²) in [5, 5.41) is 3.16. The molecule has 2 aromatic rings. The van der Waals surface area contributed by atoms with Crippen molar-refractivity contribution >= 4 is 11.7 Å². The first-order valence-corrected chi connectivity index (χ1v) is 9.01. The zero-order chi connectivity index (χ0) is 16.9. The maximum absolute atomic E-state index is 12.4. The number of carbonyl (C=O) groups is 1. The van der Waals surface area contributed by atoms with Crippen LogP contribution in [0.1, 0.15) is 51.3 Å². The first-order chi connectivity index (χ1) is 11.7. The van der Waals surface area contributed by atoms with Crippen LogP contribution in [0.4, 0.5) is 0 Å². The Hall–Kier alpha value is -1.95. The Balaban J connectivity index is 1.57. The number of rotatable bonds is 6. The average molecular weight is 329 g/mol. The maximum Gasteiger partial charge on any atom is 0.233 e. The van der Waals surface area contributed by atoms with Crippen LogP contribution in [0.25, 0.3) is 5.78 Å². The highest BCUT2D eigenvalue weighted by molar-refractivity contribution is 5.76. The molecule has 6 heteroatoms. The maximum atomic E-state index is 12.4. The molecule has 130 valence electrons. The van der Waals surface area contributed by atoms with Gasteiger partial charge in [0.1, 0.15) is 0 Å². The fourth-order valence-electron chi connectivity index (χ4n) is 3.42. The topological polar surface area (TPSA) is 62.5 Å². The highest BCUT2D eigenvalue weighted by Gasteiger charge is 2.22. The lowest BCUT2D eigenvalue weighted by molar-refractivity contribution is -0.123. The normalized spacial score (nSPS) is 17.9. The molecule has 3 rings (SSSR count). The molecule has 0 aliphatic carbocycles. The lowest BCUT2D eigenvalue weighted by Crippen LogP contribution is -2.36. The fraction of sp³-hybridized carbons (Fsp3) is 0.611. The first-order valence-electron chi connectivity index (χ1n) is 9.01. The van der Waals surface area contributed by atoms with Crippen LogP contribution >= 0.6 is 0 Å². The lowest BCUT2D eigenvalue weighted by atomic mass is 9.93. The summed E-state index contributed by atoms with van der Waals surface area (Å²) < 4.78 is 1.89. The first kappa shape index (κ1) is 16.9. The Morgan fingerprint density at radius 1 is 1.38 bits per heavy atom. The largest absolute Gasteiger partial charge is 0.348 e.